The van der Waals surface area contributed by atoms with Crippen molar-refractivity contribution >= 4 is 43.8 Å². The second-order valence-electron chi connectivity index (χ2n) is 5.45. The molecule has 134 valence electrons. The van der Waals surface area contributed by atoms with E-state index in [9.17, 15) is 13.2 Å². The van der Waals surface area contributed by atoms with Crippen LogP contribution in [0.5, 0.6) is 0 Å². The summed E-state index contributed by atoms with van der Waals surface area (Å²) in [6, 6.07) is 8.56. The Morgan fingerprint density at radius 2 is 1.96 bits per heavy atom. The van der Waals surface area contributed by atoms with Crippen molar-refractivity contribution in [2.75, 3.05) is 17.1 Å². The number of sulfonamides is 1. The molecule has 1 heterocycles. The Bertz CT molecular complexity index is 869. The van der Waals surface area contributed by atoms with Gasteiger partial charge in [-0.3, -0.25) is 9.10 Å². The van der Waals surface area contributed by atoms with Gasteiger partial charge in [0.25, 0.3) is 5.91 Å². The van der Waals surface area contributed by atoms with Gasteiger partial charge in [-0.15, -0.1) is 0 Å². The summed E-state index contributed by atoms with van der Waals surface area (Å²) in [7, 11) is -3.61. The molecular weight excluding hydrogens is 410 g/mol. The highest BCUT2D eigenvalue weighted by atomic mass is 79.9. The summed E-state index contributed by atoms with van der Waals surface area (Å²) in [5, 5.41) is 3.78. The van der Waals surface area contributed by atoms with Crippen molar-refractivity contribution in [1.29, 1.82) is 0 Å². The summed E-state index contributed by atoms with van der Waals surface area (Å²) < 4.78 is 31.1. The number of hydrazone groups is 1. The van der Waals surface area contributed by atoms with Gasteiger partial charge in [0.2, 0.25) is 10.0 Å². The van der Waals surface area contributed by atoms with Gasteiger partial charge >= 0.3 is 0 Å². The molecule has 0 aliphatic rings. The van der Waals surface area contributed by atoms with E-state index < -0.39 is 15.9 Å². The molecular formula is C16H18BrN3O4S. The Kier molecular flexibility index (Phi) is 6.02. The summed E-state index contributed by atoms with van der Waals surface area (Å²) in [5.74, 6) is 0.586. The smallest absolute Gasteiger partial charge is 0.260 e. The van der Waals surface area contributed by atoms with E-state index in [1.54, 1.807) is 37.3 Å². The molecule has 0 atom stereocenters. The Labute approximate surface area is 154 Å². The lowest BCUT2D eigenvalue weighted by molar-refractivity contribution is -0.119. The van der Waals surface area contributed by atoms with Crippen LogP contribution in [0.2, 0.25) is 0 Å². The van der Waals surface area contributed by atoms with Gasteiger partial charge in [0, 0.05) is 6.07 Å². The minimum Gasteiger partial charge on any atom is -0.459 e. The zero-order chi connectivity index (χ0) is 18.6. The summed E-state index contributed by atoms with van der Waals surface area (Å²) in [4.78, 5) is 12.0. The number of rotatable bonds is 6. The van der Waals surface area contributed by atoms with Crippen LogP contribution in [0.15, 0.2) is 44.3 Å². The van der Waals surface area contributed by atoms with Crippen LogP contribution in [0.1, 0.15) is 17.1 Å². The van der Waals surface area contributed by atoms with Crippen molar-refractivity contribution < 1.29 is 17.6 Å². The molecule has 0 fully saturated rings. The van der Waals surface area contributed by atoms with Gasteiger partial charge in [0.05, 0.1) is 22.6 Å². The van der Waals surface area contributed by atoms with Crippen molar-refractivity contribution in [1.82, 2.24) is 5.43 Å². The lowest BCUT2D eigenvalue weighted by Gasteiger charge is -2.21. The zero-order valence-corrected chi connectivity index (χ0v) is 16.4. The molecule has 0 aliphatic carbocycles. The van der Waals surface area contributed by atoms with Gasteiger partial charge in [-0.2, -0.15) is 5.10 Å². The molecule has 1 amide bonds. The summed E-state index contributed by atoms with van der Waals surface area (Å²) in [5.41, 5.74) is 3.70. The molecule has 0 saturated carbocycles. The number of carbonyl (C=O) groups is 1. The maximum Gasteiger partial charge on any atom is 0.260 e. The van der Waals surface area contributed by atoms with Gasteiger partial charge in [-0.05, 0) is 41.9 Å². The number of nitrogens with one attached hydrogen (secondary N) is 1. The van der Waals surface area contributed by atoms with Crippen molar-refractivity contribution in [2.24, 2.45) is 5.10 Å². The number of halogens is 1. The lowest BCUT2D eigenvalue weighted by Crippen LogP contribution is -2.39. The van der Waals surface area contributed by atoms with Crippen LogP contribution in [-0.2, 0) is 14.8 Å². The monoisotopic (exact) mass is 427 g/mol. The standard InChI is InChI=1S/C16H18BrN3O4S/c1-11-4-6-13(7-5-11)20(25(3,22)23)10-16(21)19-18-9-14-8-15(17)12(2)24-14/h4-9H,10H2,1-3H3,(H,19,21)/b18-9-. The van der Waals surface area contributed by atoms with Crippen LogP contribution in [0, 0.1) is 13.8 Å². The molecule has 0 radical (unpaired) electrons. The summed E-state index contributed by atoms with van der Waals surface area (Å²) in [6.07, 6.45) is 2.39. The Hall–Kier alpha value is -2.13. The maximum absolute atomic E-state index is 12.0. The molecule has 0 saturated heterocycles. The highest BCUT2D eigenvalue weighted by molar-refractivity contribution is 9.10. The highest BCUT2D eigenvalue weighted by Gasteiger charge is 2.20. The summed E-state index contributed by atoms with van der Waals surface area (Å²) >= 11 is 3.31. The first kappa shape index (κ1) is 19.2. The van der Waals surface area contributed by atoms with E-state index in [-0.39, 0.29) is 6.54 Å². The minimum atomic E-state index is -3.61. The number of aryl methyl sites for hydroxylation is 2. The molecule has 0 spiro atoms. The van der Waals surface area contributed by atoms with E-state index in [0.29, 0.717) is 17.2 Å². The third-order valence-electron chi connectivity index (χ3n) is 3.27. The van der Waals surface area contributed by atoms with Gasteiger partial charge in [-0.1, -0.05) is 17.7 Å². The SMILES string of the molecule is Cc1ccc(N(CC(=O)N/N=C\c2cc(Br)c(C)o2)S(C)(=O)=O)cc1. The predicted molar refractivity (Wildman–Crippen MR) is 100 cm³/mol. The Balaban J connectivity index is 2.06. The van der Waals surface area contributed by atoms with Crippen molar-refractivity contribution in [2.45, 2.75) is 13.8 Å². The molecule has 0 unspecified atom stereocenters. The number of hydrogen-bond acceptors (Lipinski definition) is 5. The number of amides is 1. The highest BCUT2D eigenvalue weighted by Crippen LogP contribution is 2.19. The molecule has 2 rings (SSSR count). The largest absolute Gasteiger partial charge is 0.459 e. The van der Waals surface area contributed by atoms with E-state index >= 15 is 0 Å². The average Bonchev–Trinajstić information content (AvgIpc) is 2.83. The molecule has 9 heteroatoms. The third-order valence-corrected chi connectivity index (χ3v) is 5.19. The van der Waals surface area contributed by atoms with E-state index in [0.717, 1.165) is 20.6 Å². The molecule has 1 aromatic heterocycles. The first-order valence-corrected chi connectivity index (χ1v) is 9.93. The van der Waals surface area contributed by atoms with Crippen LogP contribution in [-0.4, -0.2) is 33.3 Å². The molecule has 0 bridgehead atoms. The van der Waals surface area contributed by atoms with Gasteiger partial charge in [-0.25, -0.2) is 13.8 Å². The molecule has 0 aliphatic heterocycles. The average molecular weight is 428 g/mol. The Morgan fingerprint density at radius 1 is 1.32 bits per heavy atom. The molecule has 2 aromatic rings. The van der Waals surface area contributed by atoms with Crippen LogP contribution in [0.25, 0.3) is 0 Å². The number of furan rings is 1. The molecule has 7 nitrogen and oxygen atoms in total. The topological polar surface area (TPSA) is 92.0 Å². The first-order chi connectivity index (χ1) is 11.7. The van der Waals surface area contributed by atoms with Crippen LogP contribution in [0.3, 0.4) is 0 Å². The zero-order valence-electron chi connectivity index (χ0n) is 14.0. The normalized spacial score (nSPS) is 11.7. The van der Waals surface area contributed by atoms with E-state index in [4.69, 9.17) is 4.42 Å². The number of carbonyl (C=O) groups excluding carboxylic acids is 1. The fourth-order valence-corrected chi connectivity index (χ4v) is 3.15. The first-order valence-electron chi connectivity index (χ1n) is 7.29. The van der Waals surface area contributed by atoms with Gasteiger partial charge in [0.15, 0.2) is 0 Å². The fourth-order valence-electron chi connectivity index (χ4n) is 1.99. The second-order valence-corrected chi connectivity index (χ2v) is 8.21. The van der Waals surface area contributed by atoms with Crippen LogP contribution < -0.4 is 9.73 Å². The van der Waals surface area contributed by atoms with Crippen molar-refractivity contribution in [3.05, 3.63) is 51.9 Å². The van der Waals surface area contributed by atoms with E-state index in [1.165, 1.54) is 6.21 Å². The number of nitrogens with zero attached hydrogens (tertiary/aromatic N) is 2. The molecule has 1 aromatic carbocycles. The van der Waals surface area contributed by atoms with E-state index in [1.807, 2.05) is 6.92 Å². The number of anilines is 1. The molecule has 1 N–H and O–H groups in total. The predicted octanol–water partition coefficient (Wildman–Crippen LogP) is 2.58. The van der Waals surface area contributed by atoms with Crippen molar-refractivity contribution in [3.8, 4) is 0 Å². The van der Waals surface area contributed by atoms with Gasteiger partial charge in [0.1, 0.15) is 18.1 Å². The minimum absolute atomic E-state index is 0.375. The fraction of sp³-hybridized carbons (Fsp3) is 0.250. The lowest BCUT2D eigenvalue weighted by atomic mass is 10.2. The Morgan fingerprint density at radius 3 is 2.48 bits per heavy atom. The summed E-state index contributed by atoms with van der Waals surface area (Å²) in [6.45, 7) is 3.30. The van der Waals surface area contributed by atoms with Crippen molar-refractivity contribution in [3.63, 3.8) is 0 Å². The molecule has 25 heavy (non-hydrogen) atoms. The quantitative estimate of drug-likeness (QED) is 0.566. The van der Waals surface area contributed by atoms with E-state index in [2.05, 4.69) is 26.5 Å². The van der Waals surface area contributed by atoms with Crippen LogP contribution in [0.4, 0.5) is 5.69 Å². The third kappa shape index (κ3) is 5.43. The maximum atomic E-state index is 12.0. The number of hydrogen-bond donors (Lipinski definition) is 1. The van der Waals surface area contributed by atoms with Crippen LogP contribution >= 0.6 is 15.9 Å². The number of benzene rings is 1. The van der Waals surface area contributed by atoms with Gasteiger partial charge < -0.3 is 4.42 Å². The second kappa shape index (κ2) is 7.83.